The van der Waals surface area contributed by atoms with Gasteiger partial charge in [-0.15, -0.1) is 0 Å². The molecule has 3 heterocycles. The average Bonchev–Trinajstić information content (AvgIpc) is 3.14. The van der Waals surface area contributed by atoms with Gasteiger partial charge in [0, 0.05) is 38.0 Å². The van der Waals surface area contributed by atoms with Crippen LogP contribution in [0.1, 0.15) is 24.8 Å². The molecule has 2 amide bonds. The van der Waals surface area contributed by atoms with Gasteiger partial charge in [0.05, 0.1) is 12.6 Å². The summed E-state index contributed by atoms with van der Waals surface area (Å²) in [4.78, 5) is 27.8. The predicted octanol–water partition coefficient (Wildman–Crippen LogP) is 1.69. The summed E-state index contributed by atoms with van der Waals surface area (Å²) in [5.41, 5.74) is 0.972. The lowest BCUT2D eigenvalue weighted by atomic mass is 10.0. The van der Waals surface area contributed by atoms with Gasteiger partial charge in [0.1, 0.15) is 0 Å². The maximum atomic E-state index is 13.9. The predicted molar refractivity (Wildman–Crippen MR) is 89.3 cm³/mol. The number of halogens is 2. The normalized spacial score (nSPS) is 26.5. The van der Waals surface area contributed by atoms with Crippen molar-refractivity contribution in [2.24, 2.45) is 5.92 Å². The molecule has 5 nitrogen and oxygen atoms in total. The summed E-state index contributed by atoms with van der Waals surface area (Å²) < 4.78 is 27.9. The standard InChI is InChI=1S/C17H21F2N3O2S/c18-17(19)5-14(15(23)20-6-11-3-4-25-9-11)22(10-17)13-7-21(8-13)16(24)12-1-2-12/h3-4,9,12-14H,1-2,5-8,10H2,(H,20,23). The van der Waals surface area contributed by atoms with Crippen molar-refractivity contribution in [1.82, 2.24) is 15.1 Å². The maximum Gasteiger partial charge on any atom is 0.262 e. The first-order valence-corrected chi connectivity index (χ1v) is 9.58. The summed E-state index contributed by atoms with van der Waals surface area (Å²) >= 11 is 1.53. The highest BCUT2D eigenvalue weighted by Gasteiger charge is 2.53. The number of nitrogens with one attached hydrogen (secondary N) is 1. The second kappa shape index (κ2) is 6.32. The zero-order valence-electron chi connectivity index (χ0n) is 13.8. The first-order chi connectivity index (χ1) is 11.9. The molecular formula is C17H21F2N3O2S. The molecule has 1 aliphatic carbocycles. The second-order valence-electron chi connectivity index (χ2n) is 7.27. The molecule has 1 aromatic heterocycles. The van der Waals surface area contributed by atoms with Gasteiger partial charge in [0.2, 0.25) is 11.8 Å². The molecule has 2 aliphatic heterocycles. The van der Waals surface area contributed by atoms with Gasteiger partial charge >= 0.3 is 0 Å². The molecule has 3 fully saturated rings. The van der Waals surface area contributed by atoms with Gasteiger partial charge in [-0.1, -0.05) is 0 Å². The molecule has 1 N–H and O–H groups in total. The number of thiophene rings is 1. The number of hydrogen-bond acceptors (Lipinski definition) is 4. The lowest BCUT2D eigenvalue weighted by Crippen LogP contribution is -2.64. The summed E-state index contributed by atoms with van der Waals surface area (Å²) in [6, 6.07) is 0.934. The SMILES string of the molecule is O=C(NCc1ccsc1)C1CC(F)(F)CN1C1CN(C(=O)C2CC2)C1. The zero-order chi connectivity index (χ0) is 17.6. The van der Waals surface area contributed by atoms with Crippen molar-refractivity contribution in [3.63, 3.8) is 0 Å². The fourth-order valence-electron chi connectivity index (χ4n) is 3.60. The highest BCUT2D eigenvalue weighted by atomic mass is 32.1. The number of nitrogens with zero attached hydrogens (tertiary/aromatic N) is 2. The molecule has 1 saturated carbocycles. The highest BCUT2D eigenvalue weighted by Crippen LogP contribution is 2.37. The van der Waals surface area contributed by atoms with E-state index in [0.29, 0.717) is 19.6 Å². The van der Waals surface area contributed by atoms with Crippen LogP contribution in [0.2, 0.25) is 0 Å². The van der Waals surface area contributed by atoms with Crippen molar-refractivity contribution in [2.45, 2.75) is 43.8 Å². The van der Waals surface area contributed by atoms with Crippen LogP contribution in [0.25, 0.3) is 0 Å². The molecule has 0 bridgehead atoms. The van der Waals surface area contributed by atoms with Crippen LogP contribution < -0.4 is 5.32 Å². The van der Waals surface area contributed by atoms with Gasteiger partial charge in [-0.2, -0.15) is 11.3 Å². The van der Waals surface area contributed by atoms with Crippen LogP contribution in [0, 0.1) is 5.92 Å². The molecule has 3 aliphatic rings. The van der Waals surface area contributed by atoms with Gasteiger partial charge in [-0.05, 0) is 35.2 Å². The van der Waals surface area contributed by atoms with Crippen LogP contribution in [0.15, 0.2) is 16.8 Å². The molecule has 1 unspecified atom stereocenters. The van der Waals surface area contributed by atoms with Crippen molar-refractivity contribution in [1.29, 1.82) is 0 Å². The Morgan fingerprint density at radius 1 is 1.32 bits per heavy atom. The van der Waals surface area contributed by atoms with Crippen LogP contribution in [-0.4, -0.2) is 59.3 Å². The second-order valence-corrected chi connectivity index (χ2v) is 8.05. The number of amides is 2. The van der Waals surface area contributed by atoms with Gasteiger partial charge < -0.3 is 10.2 Å². The Morgan fingerprint density at radius 3 is 2.72 bits per heavy atom. The number of carbonyl (C=O) groups excluding carboxylic acids is 2. The van der Waals surface area contributed by atoms with E-state index >= 15 is 0 Å². The monoisotopic (exact) mass is 369 g/mol. The quantitative estimate of drug-likeness (QED) is 0.860. The highest BCUT2D eigenvalue weighted by molar-refractivity contribution is 7.07. The molecule has 136 valence electrons. The minimum Gasteiger partial charge on any atom is -0.351 e. The molecule has 0 radical (unpaired) electrons. The first-order valence-electron chi connectivity index (χ1n) is 8.64. The van der Waals surface area contributed by atoms with E-state index in [2.05, 4.69) is 5.32 Å². The maximum absolute atomic E-state index is 13.9. The minimum atomic E-state index is -2.86. The van der Waals surface area contributed by atoms with Crippen LogP contribution in [0.5, 0.6) is 0 Å². The Morgan fingerprint density at radius 2 is 2.08 bits per heavy atom. The topological polar surface area (TPSA) is 52.7 Å². The number of rotatable bonds is 5. The molecule has 25 heavy (non-hydrogen) atoms. The van der Waals surface area contributed by atoms with Crippen LogP contribution >= 0.6 is 11.3 Å². The molecular weight excluding hydrogens is 348 g/mol. The summed E-state index contributed by atoms with van der Waals surface area (Å²) in [6.07, 6.45) is 1.43. The minimum absolute atomic E-state index is 0.140. The van der Waals surface area contributed by atoms with Crippen molar-refractivity contribution < 1.29 is 18.4 Å². The van der Waals surface area contributed by atoms with E-state index in [4.69, 9.17) is 0 Å². The summed E-state index contributed by atoms with van der Waals surface area (Å²) in [7, 11) is 0. The van der Waals surface area contributed by atoms with Crippen LogP contribution in [-0.2, 0) is 16.1 Å². The molecule has 1 aromatic rings. The Labute approximate surface area is 149 Å². The fraction of sp³-hybridized carbons (Fsp3) is 0.647. The van der Waals surface area contributed by atoms with Gasteiger partial charge in [0.15, 0.2) is 0 Å². The summed E-state index contributed by atoms with van der Waals surface area (Å²) in [5.74, 6) is -2.92. The third kappa shape index (κ3) is 3.55. The average molecular weight is 369 g/mol. The first kappa shape index (κ1) is 16.9. The van der Waals surface area contributed by atoms with E-state index in [1.165, 1.54) is 11.3 Å². The van der Waals surface area contributed by atoms with E-state index in [-0.39, 0.29) is 23.8 Å². The Bertz CT molecular complexity index is 657. The van der Waals surface area contributed by atoms with Crippen LogP contribution in [0.3, 0.4) is 0 Å². The smallest absolute Gasteiger partial charge is 0.262 e. The summed E-state index contributed by atoms with van der Waals surface area (Å²) in [5, 5.41) is 6.61. The van der Waals surface area contributed by atoms with E-state index in [1.54, 1.807) is 9.80 Å². The molecule has 8 heteroatoms. The molecule has 1 atom stereocenters. The van der Waals surface area contributed by atoms with Crippen molar-refractivity contribution in [2.75, 3.05) is 19.6 Å². The van der Waals surface area contributed by atoms with E-state index in [0.717, 1.165) is 18.4 Å². The number of likely N-dealkylation sites (tertiary alicyclic amines) is 2. The number of hydrogen-bond donors (Lipinski definition) is 1. The van der Waals surface area contributed by atoms with Crippen molar-refractivity contribution in [3.05, 3.63) is 22.4 Å². The number of carbonyl (C=O) groups is 2. The van der Waals surface area contributed by atoms with Gasteiger partial charge in [0.25, 0.3) is 5.92 Å². The molecule has 2 saturated heterocycles. The zero-order valence-corrected chi connectivity index (χ0v) is 14.6. The Hall–Kier alpha value is -1.54. The van der Waals surface area contributed by atoms with Crippen LogP contribution in [0.4, 0.5) is 8.78 Å². The van der Waals surface area contributed by atoms with Gasteiger partial charge in [-0.3, -0.25) is 14.5 Å². The third-order valence-corrected chi connectivity index (χ3v) is 5.96. The largest absolute Gasteiger partial charge is 0.351 e. The van der Waals surface area contributed by atoms with E-state index in [9.17, 15) is 18.4 Å². The lowest BCUT2D eigenvalue weighted by Gasteiger charge is -2.45. The van der Waals surface area contributed by atoms with Crippen molar-refractivity contribution in [3.8, 4) is 0 Å². The molecule has 0 spiro atoms. The Kier molecular flexibility index (Phi) is 4.27. The van der Waals surface area contributed by atoms with E-state index in [1.807, 2.05) is 16.8 Å². The fourth-order valence-corrected chi connectivity index (χ4v) is 4.27. The Balaban J connectivity index is 1.36. The molecule has 0 aromatic carbocycles. The number of alkyl halides is 2. The lowest BCUT2D eigenvalue weighted by molar-refractivity contribution is -0.141. The molecule has 4 rings (SSSR count). The van der Waals surface area contributed by atoms with Crippen molar-refractivity contribution >= 4 is 23.2 Å². The van der Waals surface area contributed by atoms with E-state index < -0.39 is 24.9 Å². The third-order valence-electron chi connectivity index (χ3n) is 5.23. The summed E-state index contributed by atoms with van der Waals surface area (Å²) in [6.45, 7) is 0.869. The van der Waals surface area contributed by atoms with Gasteiger partial charge in [-0.25, -0.2) is 8.78 Å².